The molecule has 1 N–H and O–H groups in total. The van der Waals surface area contributed by atoms with E-state index in [-0.39, 0.29) is 11.7 Å². The smallest absolute Gasteiger partial charge is 0.252 e. The molecule has 0 saturated carbocycles. The molecule has 0 fully saturated rings. The molecule has 1 atom stereocenters. The molecule has 33 heavy (non-hydrogen) atoms. The molecule has 3 heterocycles. The molecule has 1 aromatic carbocycles. The second kappa shape index (κ2) is 9.17. The molecule has 0 aliphatic carbocycles. The van der Waals surface area contributed by atoms with Crippen LogP contribution in [0.3, 0.4) is 0 Å². The lowest BCUT2D eigenvalue weighted by atomic mass is 9.91. The predicted octanol–water partition coefficient (Wildman–Crippen LogP) is 3.83. The first-order chi connectivity index (χ1) is 15.9. The van der Waals surface area contributed by atoms with Crippen LogP contribution in [0.5, 0.6) is 0 Å². The Kier molecular flexibility index (Phi) is 6.31. The molecular formula is C24H30FN7O. The van der Waals surface area contributed by atoms with Crippen molar-refractivity contribution in [1.82, 2.24) is 19.7 Å². The zero-order valence-electron chi connectivity index (χ0n) is 19.5. The monoisotopic (exact) mass is 451 g/mol. The first kappa shape index (κ1) is 22.7. The van der Waals surface area contributed by atoms with Gasteiger partial charge in [0.25, 0.3) is 5.91 Å². The molecule has 8 nitrogen and oxygen atoms in total. The Morgan fingerprint density at radius 3 is 2.48 bits per heavy atom. The highest BCUT2D eigenvalue weighted by Crippen LogP contribution is 2.40. The maximum Gasteiger partial charge on any atom is 0.252 e. The van der Waals surface area contributed by atoms with Crippen LogP contribution in [0.2, 0.25) is 0 Å². The van der Waals surface area contributed by atoms with Gasteiger partial charge in [-0.3, -0.25) is 9.48 Å². The molecule has 1 aliphatic rings. The van der Waals surface area contributed by atoms with Crippen LogP contribution in [0.15, 0.2) is 42.9 Å². The summed E-state index contributed by atoms with van der Waals surface area (Å²) in [5.41, 5.74) is 2.07. The van der Waals surface area contributed by atoms with Crippen molar-refractivity contribution in [3.05, 3.63) is 59.8 Å². The molecule has 0 unspecified atom stereocenters. The molecule has 3 aromatic rings. The topological polar surface area (TPSA) is 79.2 Å². The zero-order valence-corrected chi connectivity index (χ0v) is 19.5. The molecule has 0 spiro atoms. The fraction of sp³-hybridized carbons (Fsp3) is 0.417. The largest absolute Gasteiger partial charge is 0.350 e. The van der Waals surface area contributed by atoms with Crippen LogP contribution in [-0.2, 0) is 17.9 Å². The van der Waals surface area contributed by atoms with Gasteiger partial charge in [0, 0.05) is 31.4 Å². The van der Waals surface area contributed by atoms with E-state index in [9.17, 15) is 9.18 Å². The summed E-state index contributed by atoms with van der Waals surface area (Å²) < 4.78 is 14.9. The number of amides is 1. The molecule has 0 bridgehead atoms. The summed E-state index contributed by atoms with van der Waals surface area (Å²) in [6, 6.07) is 6.41. The second-order valence-electron chi connectivity index (χ2n) is 8.35. The first-order valence-corrected chi connectivity index (χ1v) is 11.4. The number of anilines is 3. The van der Waals surface area contributed by atoms with E-state index < -0.39 is 5.54 Å². The Morgan fingerprint density at radius 1 is 1.06 bits per heavy atom. The van der Waals surface area contributed by atoms with E-state index in [1.165, 1.54) is 12.1 Å². The average molecular weight is 452 g/mol. The zero-order chi connectivity index (χ0) is 23.6. The van der Waals surface area contributed by atoms with Crippen LogP contribution in [-0.4, -0.2) is 44.3 Å². The lowest BCUT2D eigenvalue weighted by molar-refractivity contribution is -0.123. The molecule has 1 aliphatic heterocycles. The molecule has 174 valence electrons. The van der Waals surface area contributed by atoms with E-state index in [2.05, 4.69) is 20.3 Å². The minimum atomic E-state index is -0.634. The molecule has 9 heteroatoms. The maximum atomic E-state index is 13.2. The number of carbonyl (C=O) groups excluding carboxylic acids is 1. The summed E-state index contributed by atoms with van der Waals surface area (Å²) in [5, 5.41) is 7.67. The number of carbonyl (C=O) groups is 1. The minimum absolute atomic E-state index is 0.0831. The Labute approximate surface area is 193 Å². The van der Waals surface area contributed by atoms with Crippen molar-refractivity contribution in [2.75, 3.05) is 28.2 Å². The highest BCUT2D eigenvalue weighted by molar-refractivity contribution is 6.07. The van der Waals surface area contributed by atoms with Crippen molar-refractivity contribution in [2.45, 2.75) is 52.7 Å². The van der Waals surface area contributed by atoms with Crippen molar-refractivity contribution in [3.8, 4) is 0 Å². The van der Waals surface area contributed by atoms with Gasteiger partial charge in [0.1, 0.15) is 17.0 Å². The summed E-state index contributed by atoms with van der Waals surface area (Å²) >= 11 is 0. The van der Waals surface area contributed by atoms with Crippen molar-refractivity contribution in [1.29, 1.82) is 0 Å². The Bertz CT molecular complexity index is 1130. The van der Waals surface area contributed by atoms with E-state index in [1.54, 1.807) is 29.4 Å². The van der Waals surface area contributed by atoms with Gasteiger partial charge < -0.3 is 15.1 Å². The number of benzene rings is 1. The van der Waals surface area contributed by atoms with Crippen molar-refractivity contribution < 1.29 is 9.18 Å². The Hall–Kier alpha value is -3.49. The predicted molar refractivity (Wildman–Crippen MR) is 127 cm³/mol. The van der Waals surface area contributed by atoms with Gasteiger partial charge in [0.05, 0.1) is 18.9 Å². The maximum absolute atomic E-state index is 13.2. The number of nitrogens with one attached hydrogen (secondary N) is 1. The van der Waals surface area contributed by atoms with E-state index in [1.807, 2.05) is 38.6 Å². The van der Waals surface area contributed by atoms with Crippen molar-refractivity contribution >= 4 is 23.4 Å². The van der Waals surface area contributed by atoms with Crippen LogP contribution >= 0.6 is 0 Å². The van der Waals surface area contributed by atoms with Gasteiger partial charge in [0.2, 0.25) is 5.95 Å². The number of likely N-dealkylation sites (N-methyl/N-ethyl adjacent to an activating group) is 2. The van der Waals surface area contributed by atoms with Gasteiger partial charge in [-0.05, 0) is 44.9 Å². The molecule has 0 radical (unpaired) electrons. The van der Waals surface area contributed by atoms with Crippen LogP contribution in [0.25, 0.3) is 0 Å². The third kappa shape index (κ3) is 4.27. The minimum Gasteiger partial charge on any atom is -0.350 e. The third-order valence-corrected chi connectivity index (χ3v) is 6.31. The van der Waals surface area contributed by atoms with Gasteiger partial charge in [0.15, 0.2) is 5.82 Å². The quantitative estimate of drug-likeness (QED) is 0.561. The molecule has 1 amide bonds. The molecule has 2 aromatic heterocycles. The van der Waals surface area contributed by atoms with Crippen LogP contribution in [0, 0.1) is 5.82 Å². The summed E-state index contributed by atoms with van der Waals surface area (Å²) in [6.45, 7) is 10.3. The number of halogens is 1. The number of nitrogens with zero attached hydrogens (tertiary/aromatic N) is 6. The fourth-order valence-electron chi connectivity index (χ4n) is 4.29. The number of fused-ring (bicyclic) bond motifs is 1. The first-order valence-electron chi connectivity index (χ1n) is 11.4. The van der Waals surface area contributed by atoms with E-state index in [4.69, 9.17) is 4.98 Å². The van der Waals surface area contributed by atoms with E-state index in [0.29, 0.717) is 38.5 Å². The number of rotatable bonds is 8. The van der Waals surface area contributed by atoms with Gasteiger partial charge in [-0.2, -0.15) is 10.1 Å². The Balaban J connectivity index is 1.50. The number of hydrogen-bond donors (Lipinski definition) is 1. The van der Waals surface area contributed by atoms with Gasteiger partial charge in [-0.15, -0.1) is 0 Å². The van der Waals surface area contributed by atoms with Gasteiger partial charge in [-0.25, -0.2) is 9.37 Å². The molecular weight excluding hydrogens is 421 g/mol. The number of aromatic nitrogens is 4. The highest BCUT2D eigenvalue weighted by atomic mass is 19.1. The summed E-state index contributed by atoms with van der Waals surface area (Å²) in [4.78, 5) is 26.3. The lowest BCUT2D eigenvalue weighted by Gasteiger charge is -2.47. The lowest BCUT2D eigenvalue weighted by Crippen LogP contribution is -2.62. The SMILES string of the molecule is CCN1C(=O)[C@@](C)(CC)N(CC)c2nc(NCc3cnn(Cc4ccc(F)cc4)c3)ncc21. The van der Waals surface area contributed by atoms with Crippen molar-refractivity contribution in [3.63, 3.8) is 0 Å². The van der Waals surface area contributed by atoms with Gasteiger partial charge in [-0.1, -0.05) is 19.1 Å². The summed E-state index contributed by atoms with van der Waals surface area (Å²) in [7, 11) is 0. The normalized spacial score (nSPS) is 17.9. The van der Waals surface area contributed by atoms with Gasteiger partial charge >= 0.3 is 0 Å². The highest BCUT2D eigenvalue weighted by Gasteiger charge is 2.46. The standard InChI is InChI=1S/C24H30FN7O/c1-5-24(4)22(33)31(6-2)20-14-27-23(29-21(20)32(24)7-3)26-12-18-13-28-30(16-18)15-17-8-10-19(25)11-9-17/h8-11,13-14,16H,5-7,12,15H2,1-4H3,(H,26,27,29)/t24-/m1/s1. The van der Waals surface area contributed by atoms with E-state index in [0.717, 1.165) is 22.6 Å². The fourth-order valence-corrected chi connectivity index (χ4v) is 4.29. The van der Waals surface area contributed by atoms with Crippen LogP contribution in [0.1, 0.15) is 45.2 Å². The molecule has 0 saturated heterocycles. The van der Waals surface area contributed by atoms with Crippen LogP contribution < -0.4 is 15.1 Å². The van der Waals surface area contributed by atoms with Crippen LogP contribution in [0.4, 0.5) is 21.8 Å². The third-order valence-electron chi connectivity index (χ3n) is 6.31. The summed E-state index contributed by atoms with van der Waals surface area (Å²) in [5.74, 6) is 1.11. The Morgan fingerprint density at radius 2 is 1.82 bits per heavy atom. The van der Waals surface area contributed by atoms with Crippen molar-refractivity contribution in [2.24, 2.45) is 0 Å². The molecule has 4 rings (SSSR count). The average Bonchev–Trinajstić information content (AvgIpc) is 3.27. The van der Waals surface area contributed by atoms with E-state index >= 15 is 0 Å². The summed E-state index contributed by atoms with van der Waals surface area (Å²) in [6.07, 6.45) is 6.15. The number of hydrogen-bond acceptors (Lipinski definition) is 6. The second-order valence-corrected chi connectivity index (χ2v) is 8.35.